The van der Waals surface area contributed by atoms with Crippen molar-refractivity contribution >= 4 is 27.8 Å². The van der Waals surface area contributed by atoms with Crippen molar-refractivity contribution in [1.29, 1.82) is 5.26 Å². The van der Waals surface area contributed by atoms with E-state index in [1.807, 2.05) is 0 Å². The van der Waals surface area contributed by atoms with E-state index in [9.17, 15) is 9.59 Å². The molecule has 0 saturated heterocycles. The number of alkyl halides is 1. The van der Waals surface area contributed by atoms with Crippen molar-refractivity contribution in [3.63, 3.8) is 0 Å². The lowest BCUT2D eigenvalue weighted by Crippen LogP contribution is -2.27. The summed E-state index contributed by atoms with van der Waals surface area (Å²) in [6.45, 7) is 1.15. The van der Waals surface area contributed by atoms with Gasteiger partial charge < -0.3 is 5.11 Å². The Morgan fingerprint density at radius 3 is 2.50 bits per heavy atom. The average molecular weight is 289 g/mol. The fraction of sp³-hybridized carbons (Fsp3) is 0.500. The maximum Gasteiger partial charge on any atom is 0.353 e. The summed E-state index contributed by atoms with van der Waals surface area (Å²) in [5.74, 6) is -1.87. The van der Waals surface area contributed by atoms with Crippen LogP contribution in [0.3, 0.4) is 0 Å². The first-order chi connectivity index (χ1) is 7.54. The molecule has 0 aliphatic carbocycles. The molecule has 5 nitrogen and oxygen atoms in total. The SMILES string of the molecule is CC(=O)N(C#N)/C(=C\CCCCBr)C(=O)O. The topological polar surface area (TPSA) is 81.4 Å². The highest BCUT2D eigenvalue weighted by atomic mass is 79.9. The van der Waals surface area contributed by atoms with E-state index in [0.717, 1.165) is 25.1 Å². The zero-order valence-corrected chi connectivity index (χ0v) is 10.5. The molecule has 0 aromatic rings. The summed E-state index contributed by atoms with van der Waals surface area (Å²) in [7, 11) is 0. The normalized spacial score (nSPS) is 10.7. The molecule has 0 atom stereocenters. The van der Waals surface area contributed by atoms with Gasteiger partial charge in [-0.3, -0.25) is 4.79 Å². The monoisotopic (exact) mass is 288 g/mol. The Bertz CT molecular complexity index is 333. The van der Waals surface area contributed by atoms with E-state index < -0.39 is 11.9 Å². The van der Waals surface area contributed by atoms with Crippen molar-refractivity contribution in [3.8, 4) is 6.19 Å². The highest BCUT2D eigenvalue weighted by Crippen LogP contribution is 2.08. The fourth-order valence-electron chi connectivity index (χ4n) is 1.05. The molecule has 0 rings (SSSR count). The Hall–Kier alpha value is -1.35. The van der Waals surface area contributed by atoms with Gasteiger partial charge in [0.15, 0.2) is 6.19 Å². The maximum atomic E-state index is 11.0. The molecule has 0 saturated carbocycles. The smallest absolute Gasteiger partial charge is 0.353 e. The van der Waals surface area contributed by atoms with E-state index in [4.69, 9.17) is 10.4 Å². The number of allylic oxidation sites excluding steroid dienone is 1. The second-order valence-corrected chi connectivity index (χ2v) is 3.83. The summed E-state index contributed by atoms with van der Waals surface area (Å²) in [5.41, 5.74) is -0.274. The van der Waals surface area contributed by atoms with Gasteiger partial charge in [-0.2, -0.15) is 5.26 Å². The predicted molar refractivity (Wildman–Crippen MR) is 61.5 cm³/mol. The summed E-state index contributed by atoms with van der Waals surface area (Å²) in [5, 5.41) is 18.4. The van der Waals surface area contributed by atoms with E-state index in [2.05, 4.69) is 15.9 Å². The van der Waals surface area contributed by atoms with Gasteiger partial charge in [-0.1, -0.05) is 22.0 Å². The molecule has 0 heterocycles. The highest BCUT2D eigenvalue weighted by molar-refractivity contribution is 9.09. The number of amides is 1. The summed E-state index contributed by atoms with van der Waals surface area (Å²) in [6.07, 6.45) is 5.19. The minimum atomic E-state index is -1.27. The Morgan fingerprint density at radius 2 is 2.12 bits per heavy atom. The number of carboxylic acid groups (broad SMARTS) is 1. The Morgan fingerprint density at radius 1 is 1.50 bits per heavy atom. The van der Waals surface area contributed by atoms with E-state index in [1.165, 1.54) is 6.08 Å². The average Bonchev–Trinajstić information content (AvgIpc) is 2.21. The van der Waals surface area contributed by atoms with E-state index in [-0.39, 0.29) is 5.70 Å². The van der Waals surface area contributed by atoms with Crippen molar-refractivity contribution in [1.82, 2.24) is 4.90 Å². The van der Waals surface area contributed by atoms with Gasteiger partial charge in [-0.15, -0.1) is 0 Å². The van der Waals surface area contributed by atoms with Gasteiger partial charge in [-0.25, -0.2) is 9.69 Å². The van der Waals surface area contributed by atoms with Crippen LogP contribution in [0.2, 0.25) is 0 Å². The number of aliphatic carboxylic acids is 1. The molecule has 1 amide bonds. The first-order valence-electron chi connectivity index (χ1n) is 4.74. The lowest BCUT2D eigenvalue weighted by molar-refractivity contribution is -0.137. The number of carbonyl (C=O) groups is 2. The van der Waals surface area contributed by atoms with Crippen LogP contribution in [0.25, 0.3) is 0 Å². The van der Waals surface area contributed by atoms with Crippen LogP contribution in [0.5, 0.6) is 0 Å². The molecule has 0 aromatic carbocycles. The summed E-state index contributed by atoms with van der Waals surface area (Å²) < 4.78 is 0. The molecule has 0 unspecified atom stereocenters. The largest absolute Gasteiger partial charge is 0.477 e. The number of nitriles is 1. The molecule has 88 valence electrons. The zero-order chi connectivity index (χ0) is 12.6. The lowest BCUT2D eigenvalue weighted by atomic mass is 10.2. The molecule has 16 heavy (non-hydrogen) atoms. The summed E-state index contributed by atoms with van der Waals surface area (Å²) in [4.78, 5) is 22.4. The van der Waals surface area contributed by atoms with Crippen LogP contribution < -0.4 is 0 Å². The quantitative estimate of drug-likeness (QED) is 0.266. The number of hydrogen-bond acceptors (Lipinski definition) is 3. The summed E-state index contributed by atoms with van der Waals surface area (Å²) >= 11 is 3.26. The van der Waals surface area contributed by atoms with Crippen molar-refractivity contribution in [2.75, 3.05) is 5.33 Å². The Labute approximate surface area is 102 Å². The highest BCUT2D eigenvalue weighted by Gasteiger charge is 2.19. The van der Waals surface area contributed by atoms with Gasteiger partial charge in [0, 0.05) is 12.3 Å². The molecule has 0 aromatic heterocycles. The van der Waals surface area contributed by atoms with Crippen LogP contribution in [0.15, 0.2) is 11.8 Å². The van der Waals surface area contributed by atoms with Crippen LogP contribution >= 0.6 is 15.9 Å². The van der Waals surface area contributed by atoms with Gasteiger partial charge in [0.25, 0.3) is 0 Å². The van der Waals surface area contributed by atoms with Gasteiger partial charge in [-0.05, 0) is 19.3 Å². The molecule has 6 heteroatoms. The van der Waals surface area contributed by atoms with Crippen molar-refractivity contribution in [2.45, 2.75) is 26.2 Å². The van der Waals surface area contributed by atoms with Crippen LogP contribution in [0, 0.1) is 11.5 Å². The van der Waals surface area contributed by atoms with Crippen LogP contribution in [-0.4, -0.2) is 27.2 Å². The molecular weight excluding hydrogens is 276 g/mol. The number of rotatable bonds is 6. The fourth-order valence-corrected chi connectivity index (χ4v) is 1.44. The Kier molecular flexibility index (Phi) is 7.21. The van der Waals surface area contributed by atoms with Gasteiger partial charge >= 0.3 is 5.97 Å². The first kappa shape index (κ1) is 14.6. The van der Waals surface area contributed by atoms with Crippen LogP contribution in [0.4, 0.5) is 0 Å². The third-order valence-electron chi connectivity index (χ3n) is 1.80. The van der Waals surface area contributed by atoms with E-state index in [1.54, 1.807) is 6.19 Å². The number of halogens is 1. The van der Waals surface area contributed by atoms with Gasteiger partial charge in [0.05, 0.1) is 0 Å². The van der Waals surface area contributed by atoms with Crippen molar-refractivity contribution in [2.24, 2.45) is 0 Å². The number of carbonyl (C=O) groups excluding carboxylic acids is 1. The third kappa shape index (κ3) is 4.94. The molecule has 0 spiro atoms. The van der Waals surface area contributed by atoms with Gasteiger partial charge in [0.2, 0.25) is 5.91 Å². The van der Waals surface area contributed by atoms with Gasteiger partial charge in [0.1, 0.15) is 5.70 Å². The molecule has 0 bridgehead atoms. The second-order valence-electron chi connectivity index (χ2n) is 3.03. The van der Waals surface area contributed by atoms with E-state index in [0.29, 0.717) is 11.3 Å². The molecule has 0 radical (unpaired) electrons. The van der Waals surface area contributed by atoms with Crippen molar-refractivity contribution in [3.05, 3.63) is 11.8 Å². The minimum Gasteiger partial charge on any atom is -0.477 e. The summed E-state index contributed by atoms with van der Waals surface area (Å²) in [6, 6.07) is 0. The number of nitrogens with zero attached hydrogens (tertiary/aromatic N) is 2. The number of carboxylic acids is 1. The molecule has 0 aliphatic rings. The second kappa shape index (κ2) is 7.88. The zero-order valence-electron chi connectivity index (χ0n) is 8.94. The molecule has 1 N–H and O–H groups in total. The standard InChI is InChI=1S/C10H13BrN2O3/c1-8(14)13(7-12)9(10(15)16)5-3-2-4-6-11/h5H,2-4,6H2,1H3,(H,15,16)/b9-5-. The Balaban J connectivity index is 4.66. The van der Waals surface area contributed by atoms with Crippen LogP contribution in [-0.2, 0) is 9.59 Å². The predicted octanol–water partition coefficient (Wildman–Crippen LogP) is 1.85. The first-order valence-corrected chi connectivity index (χ1v) is 5.86. The maximum absolute atomic E-state index is 11.0. The molecule has 0 aliphatic heterocycles. The lowest BCUT2D eigenvalue weighted by Gasteiger charge is -2.11. The minimum absolute atomic E-state index is 0.274. The van der Waals surface area contributed by atoms with Crippen LogP contribution in [0.1, 0.15) is 26.2 Å². The molecular formula is C10H13BrN2O3. The number of unbranched alkanes of at least 4 members (excludes halogenated alkanes) is 2. The van der Waals surface area contributed by atoms with Crippen molar-refractivity contribution < 1.29 is 14.7 Å². The molecule has 0 fully saturated rings. The van der Waals surface area contributed by atoms with E-state index >= 15 is 0 Å². The third-order valence-corrected chi connectivity index (χ3v) is 2.36. The number of hydrogen-bond donors (Lipinski definition) is 1.